The third-order valence-corrected chi connectivity index (χ3v) is 5.04. The van der Waals surface area contributed by atoms with E-state index < -0.39 is 0 Å². The van der Waals surface area contributed by atoms with E-state index >= 15 is 0 Å². The van der Waals surface area contributed by atoms with E-state index in [-0.39, 0.29) is 24.1 Å². The van der Waals surface area contributed by atoms with Gasteiger partial charge in [-0.05, 0) is 49.6 Å². The van der Waals surface area contributed by atoms with Crippen molar-refractivity contribution in [3.05, 3.63) is 58.7 Å². The maximum atomic E-state index is 13.3. The molecule has 1 fully saturated rings. The molecule has 3 rings (SSSR count). The maximum Gasteiger partial charge on any atom is 0.227 e. The summed E-state index contributed by atoms with van der Waals surface area (Å²) in [5.41, 5.74) is 3.79. The Balaban J connectivity index is 1.55. The molecule has 0 unspecified atom stereocenters. The van der Waals surface area contributed by atoms with Crippen LogP contribution in [-0.2, 0) is 22.4 Å². The molecular weight excluding hydrogens is 345 g/mol. The first-order valence-electron chi connectivity index (χ1n) is 9.37. The Morgan fingerprint density at radius 1 is 1.00 bits per heavy atom. The second-order valence-corrected chi connectivity index (χ2v) is 7.20. The van der Waals surface area contributed by atoms with Gasteiger partial charge < -0.3 is 14.8 Å². The third-order valence-electron chi connectivity index (χ3n) is 5.04. The molecule has 2 heterocycles. The van der Waals surface area contributed by atoms with Crippen molar-refractivity contribution >= 4 is 11.8 Å². The van der Waals surface area contributed by atoms with Crippen LogP contribution in [0.3, 0.4) is 0 Å². The summed E-state index contributed by atoms with van der Waals surface area (Å²) < 4.78 is 13.3. The van der Waals surface area contributed by atoms with Gasteiger partial charge in [-0.3, -0.25) is 9.59 Å². The minimum atomic E-state index is -0.330. The molecule has 5 nitrogen and oxygen atoms in total. The summed E-state index contributed by atoms with van der Waals surface area (Å²) in [6.45, 7) is 6.30. The number of aryl methyl sites for hydroxylation is 2. The first kappa shape index (κ1) is 19.1. The number of H-pyrrole nitrogens is 1. The summed E-state index contributed by atoms with van der Waals surface area (Å²) in [5.74, 6) is -0.258. The van der Waals surface area contributed by atoms with Gasteiger partial charge in [-0.15, -0.1) is 0 Å². The van der Waals surface area contributed by atoms with Crippen LogP contribution in [-0.4, -0.2) is 52.8 Å². The van der Waals surface area contributed by atoms with E-state index in [4.69, 9.17) is 0 Å². The maximum absolute atomic E-state index is 13.3. The second kappa shape index (κ2) is 8.37. The van der Waals surface area contributed by atoms with Gasteiger partial charge in [-0.2, -0.15) is 0 Å². The zero-order chi connectivity index (χ0) is 19.4. The van der Waals surface area contributed by atoms with E-state index in [1.165, 1.54) is 12.1 Å². The third kappa shape index (κ3) is 4.96. The van der Waals surface area contributed by atoms with Crippen molar-refractivity contribution in [1.82, 2.24) is 14.8 Å². The summed E-state index contributed by atoms with van der Waals surface area (Å²) in [4.78, 5) is 32.0. The molecule has 1 aromatic carbocycles. The van der Waals surface area contributed by atoms with Gasteiger partial charge in [0.1, 0.15) is 5.82 Å². The quantitative estimate of drug-likeness (QED) is 0.898. The van der Waals surface area contributed by atoms with Gasteiger partial charge >= 0.3 is 0 Å². The Hall–Kier alpha value is -2.63. The Labute approximate surface area is 159 Å². The number of carbonyl (C=O) groups excluding carboxylic acids is 2. The van der Waals surface area contributed by atoms with Crippen molar-refractivity contribution in [2.45, 2.75) is 33.1 Å². The number of nitrogens with zero attached hydrogens (tertiary/aromatic N) is 2. The fraction of sp³-hybridized carbons (Fsp3) is 0.429. The van der Waals surface area contributed by atoms with Crippen LogP contribution >= 0.6 is 0 Å². The standard InChI is InChI=1S/C21H26FN3O2/c1-15-11-18(16(2)23-15)14-21(27)25-8-4-7-24(9-10-25)20(26)13-17-5-3-6-19(22)12-17/h3,5-6,11-12,23H,4,7-10,13-14H2,1-2H3. The molecule has 0 saturated carbocycles. The van der Waals surface area contributed by atoms with E-state index in [2.05, 4.69) is 4.98 Å². The largest absolute Gasteiger partial charge is 0.362 e. The highest BCUT2D eigenvalue weighted by molar-refractivity contribution is 5.80. The van der Waals surface area contributed by atoms with Crippen LogP contribution in [0.15, 0.2) is 30.3 Å². The molecule has 27 heavy (non-hydrogen) atoms. The number of hydrogen-bond donors (Lipinski definition) is 1. The van der Waals surface area contributed by atoms with E-state index in [9.17, 15) is 14.0 Å². The summed E-state index contributed by atoms with van der Waals surface area (Å²) in [7, 11) is 0. The van der Waals surface area contributed by atoms with Crippen LogP contribution < -0.4 is 0 Å². The van der Waals surface area contributed by atoms with Crippen molar-refractivity contribution in [2.24, 2.45) is 0 Å². The molecule has 1 N–H and O–H groups in total. The van der Waals surface area contributed by atoms with Crippen LogP contribution in [0.2, 0.25) is 0 Å². The Kier molecular flexibility index (Phi) is 5.94. The molecular formula is C21H26FN3O2. The average Bonchev–Trinajstić information content (AvgIpc) is 2.82. The molecule has 0 radical (unpaired) electrons. The minimum Gasteiger partial charge on any atom is -0.362 e. The lowest BCUT2D eigenvalue weighted by atomic mass is 10.1. The minimum absolute atomic E-state index is 0.0213. The molecule has 6 heteroatoms. The van der Waals surface area contributed by atoms with Gasteiger partial charge in [0, 0.05) is 37.6 Å². The van der Waals surface area contributed by atoms with Crippen molar-refractivity contribution in [3.8, 4) is 0 Å². The highest BCUT2D eigenvalue weighted by Gasteiger charge is 2.22. The summed E-state index contributed by atoms with van der Waals surface area (Å²) in [6.07, 6.45) is 1.33. The molecule has 1 saturated heterocycles. The van der Waals surface area contributed by atoms with E-state index in [0.717, 1.165) is 23.4 Å². The van der Waals surface area contributed by atoms with E-state index in [1.807, 2.05) is 24.8 Å². The van der Waals surface area contributed by atoms with E-state index in [0.29, 0.717) is 38.2 Å². The van der Waals surface area contributed by atoms with Gasteiger partial charge in [0.2, 0.25) is 11.8 Å². The predicted octanol–water partition coefficient (Wildman–Crippen LogP) is 2.62. The predicted molar refractivity (Wildman–Crippen MR) is 102 cm³/mol. The number of aromatic amines is 1. The Morgan fingerprint density at radius 3 is 2.26 bits per heavy atom. The van der Waals surface area contributed by atoms with Crippen molar-refractivity contribution in [3.63, 3.8) is 0 Å². The Morgan fingerprint density at radius 2 is 1.67 bits per heavy atom. The summed E-state index contributed by atoms with van der Waals surface area (Å²) >= 11 is 0. The number of hydrogen-bond acceptors (Lipinski definition) is 2. The fourth-order valence-electron chi connectivity index (χ4n) is 3.59. The highest BCUT2D eigenvalue weighted by Crippen LogP contribution is 2.13. The molecule has 0 aliphatic carbocycles. The number of aromatic nitrogens is 1. The van der Waals surface area contributed by atoms with Crippen molar-refractivity contribution in [1.29, 1.82) is 0 Å². The van der Waals surface area contributed by atoms with Gasteiger partial charge in [0.15, 0.2) is 0 Å². The molecule has 144 valence electrons. The van der Waals surface area contributed by atoms with Gasteiger partial charge in [-0.1, -0.05) is 12.1 Å². The SMILES string of the molecule is Cc1cc(CC(=O)N2CCCN(C(=O)Cc3cccc(F)c3)CC2)c(C)[nH]1. The number of carbonyl (C=O) groups is 2. The molecule has 1 aromatic heterocycles. The van der Waals surface area contributed by atoms with Crippen molar-refractivity contribution < 1.29 is 14.0 Å². The van der Waals surface area contributed by atoms with Gasteiger partial charge in [-0.25, -0.2) is 4.39 Å². The molecule has 0 spiro atoms. The number of halogens is 1. The lowest BCUT2D eigenvalue weighted by molar-refractivity contribution is -0.132. The molecule has 0 atom stereocenters. The van der Waals surface area contributed by atoms with E-state index in [1.54, 1.807) is 17.0 Å². The number of rotatable bonds is 4. The monoisotopic (exact) mass is 371 g/mol. The van der Waals surface area contributed by atoms with Crippen LogP contribution in [0.5, 0.6) is 0 Å². The summed E-state index contributed by atoms with van der Waals surface area (Å²) in [5, 5.41) is 0. The zero-order valence-corrected chi connectivity index (χ0v) is 15.9. The van der Waals surface area contributed by atoms with Gasteiger partial charge in [0.25, 0.3) is 0 Å². The second-order valence-electron chi connectivity index (χ2n) is 7.20. The number of amides is 2. The normalized spacial score (nSPS) is 14.9. The fourth-order valence-corrected chi connectivity index (χ4v) is 3.59. The van der Waals surface area contributed by atoms with Crippen molar-refractivity contribution in [2.75, 3.05) is 26.2 Å². The first-order valence-corrected chi connectivity index (χ1v) is 9.37. The lowest BCUT2D eigenvalue weighted by Crippen LogP contribution is -2.38. The average molecular weight is 371 g/mol. The molecule has 2 amide bonds. The molecule has 0 bridgehead atoms. The van der Waals surface area contributed by atoms with Crippen LogP contribution in [0, 0.1) is 19.7 Å². The van der Waals surface area contributed by atoms with Crippen LogP contribution in [0.4, 0.5) is 4.39 Å². The lowest BCUT2D eigenvalue weighted by Gasteiger charge is -2.22. The Bertz CT molecular complexity index is 831. The highest BCUT2D eigenvalue weighted by atomic mass is 19.1. The van der Waals surface area contributed by atoms with Gasteiger partial charge in [0.05, 0.1) is 12.8 Å². The molecule has 2 aromatic rings. The number of benzene rings is 1. The molecule has 1 aliphatic heterocycles. The summed E-state index contributed by atoms with van der Waals surface area (Å²) in [6, 6.07) is 8.16. The van der Waals surface area contributed by atoms with Crippen LogP contribution in [0.25, 0.3) is 0 Å². The molecule has 1 aliphatic rings. The smallest absolute Gasteiger partial charge is 0.227 e. The number of nitrogens with one attached hydrogen (secondary N) is 1. The zero-order valence-electron chi connectivity index (χ0n) is 15.9. The topological polar surface area (TPSA) is 56.4 Å². The first-order chi connectivity index (χ1) is 12.9. The van der Waals surface area contributed by atoms with Crippen LogP contribution in [0.1, 0.15) is 28.9 Å².